The topological polar surface area (TPSA) is 79.2 Å². The van der Waals surface area contributed by atoms with Gasteiger partial charge in [0.15, 0.2) is 6.10 Å². The van der Waals surface area contributed by atoms with Crippen LogP contribution in [0.5, 0.6) is 0 Å². The van der Waals surface area contributed by atoms with E-state index in [0.717, 1.165) is 12.8 Å². The normalized spacial score (nSPS) is 55.0. The van der Waals surface area contributed by atoms with Crippen LogP contribution in [0.15, 0.2) is 0 Å². The van der Waals surface area contributed by atoms with E-state index in [0.29, 0.717) is 29.2 Å². The SMILES string of the molecule is CC(=O)O[C@@H]([C@H]1C[C@@H](C)[C@H]2[C@H](O1)[C@H](O)[C@@]1(C)[C@@H]3CC[C@@]4(C)C(C)(C)C(N(C)C)CC[C@@]45[C@@H](C)[C@@]35CC[C@]21C)C(C)(C)O. The van der Waals surface area contributed by atoms with E-state index in [2.05, 4.69) is 67.5 Å². The first kappa shape index (κ1) is 31.3. The van der Waals surface area contributed by atoms with Gasteiger partial charge in [0.1, 0.15) is 0 Å². The van der Waals surface area contributed by atoms with E-state index < -0.39 is 29.9 Å². The van der Waals surface area contributed by atoms with Crippen molar-refractivity contribution in [2.75, 3.05) is 14.1 Å². The zero-order valence-electron chi connectivity index (χ0n) is 28.7. The summed E-state index contributed by atoms with van der Waals surface area (Å²) in [6, 6.07) is 0.589. The molecule has 2 N–H and O–H groups in total. The first-order valence-electron chi connectivity index (χ1n) is 17.1. The molecule has 1 saturated heterocycles. The Morgan fingerprint density at radius 3 is 2.24 bits per heavy atom. The van der Waals surface area contributed by atoms with E-state index in [4.69, 9.17) is 9.47 Å². The maximum absolute atomic E-state index is 12.6. The summed E-state index contributed by atoms with van der Waals surface area (Å²) < 4.78 is 12.6. The quantitative estimate of drug-likeness (QED) is 0.389. The molecule has 0 aromatic carbocycles. The van der Waals surface area contributed by atoms with Crippen molar-refractivity contribution in [2.45, 2.75) is 150 Å². The van der Waals surface area contributed by atoms with Crippen LogP contribution >= 0.6 is 0 Å². The summed E-state index contributed by atoms with van der Waals surface area (Å²) in [5.74, 6) is 1.25. The molecule has 6 aliphatic rings. The van der Waals surface area contributed by atoms with E-state index in [1.54, 1.807) is 13.8 Å². The average Bonchev–Trinajstić information content (AvgIpc) is 3.34. The second-order valence-electron chi connectivity index (χ2n) is 18.1. The molecule has 2 spiro atoms. The summed E-state index contributed by atoms with van der Waals surface area (Å²) in [5, 5.41) is 23.6. The number of fused-ring (bicyclic) bond motifs is 4. The molecule has 5 aliphatic carbocycles. The summed E-state index contributed by atoms with van der Waals surface area (Å²) in [6.45, 7) is 22.3. The molecule has 6 rings (SSSR count). The van der Waals surface area contributed by atoms with Gasteiger partial charge in [0, 0.05) is 18.4 Å². The lowest BCUT2D eigenvalue weighted by atomic mass is 9.37. The number of ether oxygens (including phenoxy) is 2. The first-order valence-corrected chi connectivity index (χ1v) is 17.1. The van der Waals surface area contributed by atoms with Gasteiger partial charge < -0.3 is 24.6 Å². The van der Waals surface area contributed by atoms with Crippen LogP contribution in [0.4, 0.5) is 0 Å². The Morgan fingerprint density at radius 1 is 1.02 bits per heavy atom. The number of carbonyl (C=O) groups is 1. The van der Waals surface area contributed by atoms with Crippen molar-refractivity contribution < 1.29 is 24.5 Å². The van der Waals surface area contributed by atoms with Gasteiger partial charge in [0.2, 0.25) is 0 Å². The fourth-order valence-corrected chi connectivity index (χ4v) is 14.5. The van der Waals surface area contributed by atoms with Crippen LogP contribution in [-0.4, -0.2) is 71.2 Å². The van der Waals surface area contributed by atoms with Crippen LogP contribution < -0.4 is 0 Å². The molecule has 42 heavy (non-hydrogen) atoms. The largest absolute Gasteiger partial charge is 0.457 e. The molecule has 5 saturated carbocycles. The van der Waals surface area contributed by atoms with E-state index in [1.807, 2.05) is 0 Å². The molecule has 6 fully saturated rings. The molecule has 6 heteroatoms. The van der Waals surface area contributed by atoms with E-state index in [9.17, 15) is 15.0 Å². The van der Waals surface area contributed by atoms with Crippen molar-refractivity contribution in [3.8, 4) is 0 Å². The van der Waals surface area contributed by atoms with Crippen LogP contribution in [0.25, 0.3) is 0 Å². The Morgan fingerprint density at radius 2 is 1.67 bits per heavy atom. The second kappa shape index (κ2) is 8.97. The minimum Gasteiger partial charge on any atom is -0.457 e. The molecule has 0 amide bonds. The number of rotatable bonds is 4. The predicted molar refractivity (Wildman–Crippen MR) is 165 cm³/mol. The Kier molecular flexibility index (Phi) is 6.69. The van der Waals surface area contributed by atoms with E-state index in [1.165, 1.54) is 39.0 Å². The highest BCUT2D eigenvalue weighted by molar-refractivity contribution is 5.66. The van der Waals surface area contributed by atoms with Crippen molar-refractivity contribution in [1.29, 1.82) is 0 Å². The van der Waals surface area contributed by atoms with Gasteiger partial charge in [-0.2, -0.15) is 0 Å². The zero-order valence-corrected chi connectivity index (χ0v) is 28.7. The fourth-order valence-electron chi connectivity index (χ4n) is 14.5. The standard InChI is InChI=1S/C36H61NO5/c1-20-19-23(29(31(6,7)40)41-22(3)38)42-27-26(20)32(8)17-18-35-21(2)36(35)16-14-25(37(11)12)30(4,5)33(36,9)15-13-24(35)34(32,10)28(27)39/h20-21,23-29,39-40H,13-19H2,1-12H3/t20-,21+,23-,24+,25?,26+,27+,28+,29+,32-,33+,34-,35+,36-/m1/s1. The molecule has 14 atom stereocenters. The lowest BCUT2D eigenvalue weighted by molar-refractivity contribution is -0.216. The van der Waals surface area contributed by atoms with E-state index in [-0.39, 0.29) is 39.1 Å². The Labute approximate surface area is 255 Å². The molecular formula is C36H61NO5. The van der Waals surface area contributed by atoms with Gasteiger partial charge in [-0.25, -0.2) is 0 Å². The number of esters is 1. The van der Waals surface area contributed by atoms with Crippen molar-refractivity contribution in [2.24, 2.45) is 56.2 Å². The minimum absolute atomic E-state index is 0.0311. The molecule has 1 aliphatic heterocycles. The first-order chi connectivity index (χ1) is 19.2. The van der Waals surface area contributed by atoms with Gasteiger partial charge in [-0.1, -0.05) is 48.5 Å². The maximum atomic E-state index is 12.6. The maximum Gasteiger partial charge on any atom is 0.303 e. The molecule has 0 radical (unpaired) electrons. The fraction of sp³-hybridized carbons (Fsp3) is 0.972. The summed E-state index contributed by atoms with van der Waals surface area (Å²) in [7, 11) is 4.54. The summed E-state index contributed by atoms with van der Waals surface area (Å²) in [5.41, 5.74) is -0.440. The highest BCUT2D eigenvalue weighted by Gasteiger charge is 2.90. The molecule has 1 unspecified atom stereocenters. The Bertz CT molecular complexity index is 1130. The summed E-state index contributed by atoms with van der Waals surface area (Å²) in [4.78, 5) is 14.5. The van der Waals surface area contributed by atoms with Crippen LogP contribution in [-0.2, 0) is 14.3 Å². The van der Waals surface area contributed by atoms with Crippen molar-refractivity contribution >= 4 is 5.97 Å². The molecule has 240 valence electrons. The number of aliphatic hydroxyl groups excluding tert-OH is 1. The third-order valence-electron chi connectivity index (χ3n) is 16.4. The van der Waals surface area contributed by atoms with Crippen LogP contribution in [0, 0.1) is 56.2 Å². The van der Waals surface area contributed by atoms with Crippen molar-refractivity contribution in [1.82, 2.24) is 4.90 Å². The molecule has 0 aromatic rings. The predicted octanol–water partition coefficient (Wildman–Crippen LogP) is 6.07. The number of hydrogen-bond acceptors (Lipinski definition) is 6. The molecule has 0 aromatic heterocycles. The highest BCUT2D eigenvalue weighted by atomic mass is 16.6. The van der Waals surface area contributed by atoms with Gasteiger partial charge in [0.05, 0.1) is 23.9 Å². The van der Waals surface area contributed by atoms with Crippen molar-refractivity contribution in [3.63, 3.8) is 0 Å². The smallest absolute Gasteiger partial charge is 0.303 e. The van der Waals surface area contributed by atoms with Crippen molar-refractivity contribution in [3.05, 3.63) is 0 Å². The third kappa shape index (κ3) is 3.30. The number of carbonyl (C=O) groups excluding carboxylic acids is 1. The third-order valence-corrected chi connectivity index (χ3v) is 16.4. The van der Waals surface area contributed by atoms with Crippen LogP contribution in [0.1, 0.15) is 114 Å². The summed E-state index contributed by atoms with van der Waals surface area (Å²) >= 11 is 0. The molecule has 0 bridgehead atoms. The van der Waals surface area contributed by atoms with Gasteiger partial charge in [-0.15, -0.1) is 0 Å². The van der Waals surface area contributed by atoms with E-state index >= 15 is 0 Å². The molecular weight excluding hydrogens is 526 g/mol. The number of nitrogens with zero attached hydrogens (tertiary/aromatic N) is 1. The Hall–Kier alpha value is -0.690. The molecule has 1 heterocycles. The monoisotopic (exact) mass is 587 g/mol. The van der Waals surface area contributed by atoms with Crippen LogP contribution in [0.2, 0.25) is 0 Å². The van der Waals surface area contributed by atoms with Gasteiger partial charge in [-0.05, 0) is 124 Å². The Balaban J connectivity index is 1.38. The van der Waals surface area contributed by atoms with Gasteiger partial charge in [-0.3, -0.25) is 4.79 Å². The zero-order chi connectivity index (χ0) is 31.2. The number of aliphatic hydroxyl groups is 2. The van der Waals surface area contributed by atoms with Gasteiger partial charge in [0.25, 0.3) is 0 Å². The lowest BCUT2D eigenvalue weighted by Gasteiger charge is -2.68. The average molecular weight is 588 g/mol. The molecule has 6 nitrogen and oxygen atoms in total. The summed E-state index contributed by atoms with van der Waals surface area (Å²) in [6.07, 6.45) is 5.96. The van der Waals surface area contributed by atoms with Gasteiger partial charge >= 0.3 is 5.97 Å². The van der Waals surface area contributed by atoms with Crippen LogP contribution in [0.3, 0.4) is 0 Å². The second-order valence-corrected chi connectivity index (χ2v) is 18.1. The number of hydrogen-bond donors (Lipinski definition) is 2. The highest BCUT2D eigenvalue weighted by Crippen LogP contribution is 2.94. The lowest BCUT2D eigenvalue weighted by Crippen LogP contribution is -2.64. The minimum atomic E-state index is -1.24.